The van der Waals surface area contributed by atoms with Crippen molar-refractivity contribution in [1.82, 2.24) is 10.2 Å². The van der Waals surface area contributed by atoms with Crippen LogP contribution in [-0.4, -0.2) is 29.9 Å². The van der Waals surface area contributed by atoms with Crippen molar-refractivity contribution >= 4 is 11.9 Å². The van der Waals surface area contributed by atoms with Crippen LogP contribution in [0, 0.1) is 17.6 Å². The topological polar surface area (TPSA) is 75.4 Å². The van der Waals surface area contributed by atoms with Crippen LogP contribution in [0.15, 0.2) is 18.2 Å². The summed E-state index contributed by atoms with van der Waals surface area (Å²) in [6.07, 6.45) is 1.09. The molecule has 0 aromatic heterocycles. The fourth-order valence-electron chi connectivity index (χ4n) is 2.51. The van der Waals surface area contributed by atoms with E-state index in [1.165, 1.54) is 6.07 Å². The summed E-state index contributed by atoms with van der Waals surface area (Å²) in [6, 6.07) is 2.80. The van der Waals surface area contributed by atoms with Crippen LogP contribution in [0.5, 0.6) is 0 Å². The van der Waals surface area contributed by atoms with E-state index in [-0.39, 0.29) is 17.9 Å². The first-order valence-corrected chi connectivity index (χ1v) is 7.18. The van der Waals surface area contributed by atoms with E-state index in [0.29, 0.717) is 31.5 Å². The van der Waals surface area contributed by atoms with Crippen molar-refractivity contribution < 1.29 is 18.4 Å². The number of likely N-dealkylation sites (tertiary alicyclic amines) is 1. The highest BCUT2D eigenvalue weighted by Crippen LogP contribution is 2.19. The van der Waals surface area contributed by atoms with Crippen LogP contribution in [0.25, 0.3) is 0 Å². The molecule has 1 aliphatic rings. The van der Waals surface area contributed by atoms with Crippen molar-refractivity contribution in [3.8, 4) is 0 Å². The molecule has 0 spiro atoms. The fourth-order valence-corrected chi connectivity index (χ4v) is 2.51. The smallest absolute Gasteiger partial charge is 0.317 e. The maximum Gasteiger partial charge on any atom is 0.317 e. The predicted molar refractivity (Wildman–Crippen MR) is 76.8 cm³/mol. The number of amides is 3. The van der Waals surface area contributed by atoms with E-state index in [1.54, 1.807) is 11.8 Å². The molecular weight excluding hydrogens is 292 g/mol. The molecular formula is C15H19F2N3O2. The molecule has 1 aromatic rings. The molecule has 1 aliphatic heterocycles. The molecule has 0 unspecified atom stereocenters. The summed E-state index contributed by atoms with van der Waals surface area (Å²) in [5, 5.41) is 2.74. The Morgan fingerprint density at radius 2 is 1.91 bits per heavy atom. The quantitative estimate of drug-likeness (QED) is 0.895. The first-order valence-electron chi connectivity index (χ1n) is 7.18. The highest BCUT2D eigenvalue weighted by atomic mass is 19.2. The summed E-state index contributed by atoms with van der Waals surface area (Å²) >= 11 is 0. The number of hydrogen-bond donors (Lipinski definition) is 2. The van der Waals surface area contributed by atoms with Gasteiger partial charge in [0.05, 0.1) is 6.04 Å². The van der Waals surface area contributed by atoms with Gasteiger partial charge < -0.3 is 16.0 Å². The summed E-state index contributed by atoms with van der Waals surface area (Å²) in [7, 11) is 0. The zero-order chi connectivity index (χ0) is 16.3. The Balaban J connectivity index is 1.91. The van der Waals surface area contributed by atoms with Gasteiger partial charge in [-0.3, -0.25) is 4.79 Å². The molecule has 1 saturated heterocycles. The van der Waals surface area contributed by atoms with Gasteiger partial charge in [-0.2, -0.15) is 0 Å². The minimum Gasteiger partial charge on any atom is -0.369 e. The average molecular weight is 311 g/mol. The van der Waals surface area contributed by atoms with Crippen LogP contribution in [0.1, 0.15) is 31.4 Å². The van der Waals surface area contributed by atoms with Crippen LogP contribution in [0.2, 0.25) is 0 Å². The van der Waals surface area contributed by atoms with E-state index in [2.05, 4.69) is 5.32 Å². The number of urea groups is 1. The van der Waals surface area contributed by atoms with E-state index >= 15 is 0 Å². The zero-order valence-corrected chi connectivity index (χ0v) is 12.3. The summed E-state index contributed by atoms with van der Waals surface area (Å²) in [5.74, 6) is -2.39. The highest BCUT2D eigenvalue weighted by molar-refractivity contribution is 5.78. The molecule has 0 bridgehead atoms. The number of nitrogens with zero attached hydrogens (tertiary/aromatic N) is 1. The third-order valence-corrected chi connectivity index (χ3v) is 3.97. The van der Waals surface area contributed by atoms with Crippen LogP contribution < -0.4 is 11.1 Å². The lowest BCUT2D eigenvalue weighted by Crippen LogP contribution is -2.46. The van der Waals surface area contributed by atoms with Gasteiger partial charge >= 0.3 is 6.03 Å². The van der Waals surface area contributed by atoms with Crippen molar-refractivity contribution in [3.05, 3.63) is 35.4 Å². The molecule has 22 heavy (non-hydrogen) atoms. The van der Waals surface area contributed by atoms with Gasteiger partial charge in [-0.1, -0.05) is 6.07 Å². The van der Waals surface area contributed by atoms with E-state index in [1.807, 2.05) is 0 Å². The Hall–Kier alpha value is -2.18. The maximum absolute atomic E-state index is 13.2. The number of carbonyl (C=O) groups excluding carboxylic acids is 2. The van der Waals surface area contributed by atoms with Crippen LogP contribution in [0.3, 0.4) is 0 Å². The van der Waals surface area contributed by atoms with Gasteiger partial charge in [-0.25, -0.2) is 13.6 Å². The molecule has 5 nitrogen and oxygen atoms in total. The van der Waals surface area contributed by atoms with Gasteiger partial charge in [0.1, 0.15) is 0 Å². The van der Waals surface area contributed by atoms with Crippen molar-refractivity contribution in [2.75, 3.05) is 13.1 Å². The molecule has 120 valence electrons. The van der Waals surface area contributed by atoms with Gasteiger partial charge in [-0.15, -0.1) is 0 Å². The normalized spacial score (nSPS) is 17.1. The number of piperidine rings is 1. The Kier molecular flexibility index (Phi) is 4.95. The Bertz CT molecular complexity index is 572. The van der Waals surface area contributed by atoms with E-state index < -0.39 is 17.7 Å². The first-order chi connectivity index (χ1) is 10.4. The summed E-state index contributed by atoms with van der Waals surface area (Å²) in [5.41, 5.74) is 5.73. The maximum atomic E-state index is 13.2. The lowest BCUT2D eigenvalue weighted by Gasteiger charge is -2.31. The summed E-state index contributed by atoms with van der Waals surface area (Å²) in [6.45, 7) is 2.59. The summed E-state index contributed by atoms with van der Waals surface area (Å²) < 4.78 is 26.1. The third kappa shape index (κ3) is 3.72. The minimum absolute atomic E-state index is 0.187. The van der Waals surface area contributed by atoms with Crippen molar-refractivity contribution in [2.45, 2.75) is 25.8 Å². The number of rotatable bonds is 3. The molecule has 7 heteroatoms. The number of halogens is 2. The predicted octanol–water partition coefficient (Wildman–Crippen LogP) is 1.93. The summed E-state index contributed by atoms with van der Waals surface area (Å²) in [4.78, 5) is 24.8. The minimum atomic E-state index is -0.944. The van der Waals surface area contributed by atoms with Crippen molar-refractivity contribution in [3.63, 3.8) is 0 Å². The van der Waals surface area contributed by atoms with Crippen LogP contribution in [-0.2, 0) is 4.79 Å². The number of benzene rings is 1. The lowest BCUT2D eigenvalue weighted by atomic mass is 9.96. The van der Waals surface area contributed by atoms with Gasteiger partial charge in [-0.05, 0) is 37.5 Å². The monoisotopic (exact) mass is 311 g/mol. The van der Waals surface area contributed by atoms with Crippen molar-refractivity contribution in [1.29, 1.82) is 0 Å². The molecule has 1 atom stereocenters. The number of carbonyl (C=O) groups is 2. The molecule has 0 aliphatic carbocycles. The molecule has 0 radical (unpaired) electrons. The molecule has 3 N–H and O–H groups in total. The molecule has 2 rings (SSSR count). The Morgan fingerprint density at radius 1 is 1.27 bits per heavy atom. The second kappa shape index (κ2) is 6.72. The number of primary amides is 1. The lowest BCUT2D eigenvalue weighted by molar-refractivity contribution is -0.123. The fraction of sp³-hybridized carbons (Fsp3) is 0.467. The van der Waals surface area contributed by atoms with Crippen LogP contribution >= 0.6 is 0 Å². The SMILES string of the molecule is C[C@H](NC(=O)N1CCC(C(N)=O)CC1)c1ccc(F)c(F)c1. The van der Waals surface area contributed by atoms with E-state index in [0.717, 1.165) is 12.1 Å². The number of hydrogen-bond acceptors (Lipinski definition) is 2. The standard InChI is InChI=1S/C15H19F2N3O2/c1-9(11-2-3-12(16)13(17)8-11)19-15(22)20-6-4-10(5-7-20)14(18)21/h2-3,8-10H,4-7H2,1H3,(H2,18,21)(H,19,22)/t9-/m0/s1. The third-order valence-electron chi connectivity index (χ3n) is 3.97. The van der Waals surface area contributed by atoms with Crippen LogP contribution in [0.4, 0.5) is 13.6 Å². The molecule has 1 aromatic carbocycles. The van der Waals surface area contributed by atoms with E-state index in [9.17, 15) is 18.4 Å². The Labute approximate surface area is 127 Å². The number of nitrogens with two attached hydrogens (primary N) is 1. The van der Waals surface area contributed by atoms with Gasteiger partial charge in [0.25, 0.3) is 0 Å². The van der Waals surface area contributed by atoms with Gasteiger partial charge in [0.15, 0.2) is 11.6 Å². The van der Waals surface area contributed by atoms with Gasteiger partial charge in [0.2, 0.25) is 5.91 Å². The molecule has 1 heterocycles. The first kappa shape index (κ1) is 16.2. The second-order valence-electron chi connectivity index (χ2n) is 5.51. The molecule has 0 saturated carbocycles. The van der Waals surface area contributed by atoms with E-state index in [4.69, 9.17) is 5.73 Å². The average Bonchev–Trinajstić information content (AvgIpc) is 2.50. The Morgan fingerprint density at radius 3 is 2.45 bits per heavy atom. The second-order valence-corrected chi connectivity index (χ2v) is 5.51. The molecule has 3 amide bonds. The van der Waals surface area contributed by atoms with Gasteiger partial charge in [0, 0.05) is 19.0 Å². The molecule has 1 fully saturated rings. The largest absolute Gasteiger partial charge is 0.369 e. The highest BCUT2D eigenvalue weighted by Gasteiger charge is 2.26. The van der Waals surface area contributed by atoms with Crippen molar-refractivity contribution in [2.24, 2.45) is 11.7 Å². The zero-order valence-electron chi connectivity index (χ0n) is 12.3. The number of nitrogens with one attached hydrogen (secondary N) is 1.